The number of hydrogen-bond donors (Lipinski definition) is 1. The summed E-state index contributed by atoms with van der Waals surface area (Å²) in [6.45, 7) is 4.74. The third-order valence-corrected chi connectivity index (χ3v) is 3.84. The molecule has 100 valence electrons. The topological polar surface area (TPSA) is 32.5 Å². The molecule has 1 heterocycles. The van der Waals surface area contributed by atoms with Gasteiger partial charge in [0.2, 0.25) is 0 Å². The monoisotopic (exact) mass is 247 g/mol. The number of nitrogen functional groups attached to an aromatic ring is 1. The number of likely N-dealkylation sites (tertiary alicyclic amines) is 1. The van der Waals surface area contributed by atoms with E-state index >= 15 is 0 Å². The molecular formula is C15H25N3. The third kappa shape index (κ3) is 4.00. The first-order chi connectivity index (χ1) is 8.63. The van der Waals surface area contributed by atoms with E-state index in [9.17, 15) is 0 Å². The van der Waals surface area contributed by atoms with Crippen LogP contribution >= 0.6 is 0 Å². The predicted molar refractivity (Wildman–Crippen MR) is 77.4 cm³/mol. The standard InChI is InChI=1S/C15H25N3/c1-17(9-7-14-8-10-18(2)12-14)11-13-3-5-15(16)6-4-13/h3-6,14H,7-12,16H2,1-2H3. The molecule has 0 bridgehead atoms. The summed E-state index contributed by atoms with van der Waals surface area (Å²) in [7, 11) is 4.42. The lowest BCUT2D eigenvalue weighted by molar-refractivity contribution is 0.290. The highest BCUT2D eigenvalue weighted by molar-refractivity contribution is 5.39. The van der Waals surface area contributed by atoms with E-state index in [0.717, 1.165) is 18.2 Å². The van der Waals surface area contributed by atoms with Crippen LogP contribution in [0.15, 0.2) is 24.3 Å². The van der Waals surface area contributed by atoms with Gasteiger partial charge in [-0.2, -0.15) is 0 Å². The zero-order valence-electron chi connectivity index (χ0n) is 11.6. The van der Waals surface area contributed by atoms with Crippen molar-refractivity contribution in [2.75, 3.05) is 39.5 Å². The molecule has 1 fully saturated rings. The summed E-state index contributed by atoms with van der Waals surface area (Å²) < 4.78 is 0. The Morgan fingerprint density at radius 1 is 1.33 bits per heavy atom. The molecule has 1 atom stereocenters. The Morgan fingerprint density at radius 3 is 2.67 bits per heavy atom. The highest BCUT2D eigenvalue weighted by Crippen LogP contribution is 2.18. The van der Waals surface area contributed by atoms with E-state index in [1.54, 1.807) is 0 Å². The average molecular weight is 247 g/mol. The normalized spacial score (nSPS) is 20.7. The number of benzene rings is 1. The molecule has 3 heteroatoms. The number of nitrogens with two attached hydrogens (primary N) is 1. The molecule has 1 aromatic carbocycles. The highest BCUT2D eigenvalue weighted by atomic mass is 15.1. The Morgan fingerprint density at radius 2 is 2.06 bits per heavy atom. The minimum Gasteiger partial charge on any atom is -0.399 e. The quantitative estimate of drug-likeness (QED) is 0.808. The van der Waals surface area contributed by atoms with Gasteiger partial charge in [0.05, 0.1) is 0 Å². The van der Waals surface area contributed by atoms with Gasteiger partial charge >= 0.3 is 0 Å². The summed E-state index contributed by atoms with van der Waals surface area (Å²) in [6.07, 6.45) is 2.68. The maximum absolute atomic E-state index is 5.69. The van der Waals surface area contributed by atoms with Crippen molar-refractivity contribution in [2.24, 2.45) is 5.92 Å². The van der Waals surface area contributed by atoms with Crippen molar-refractivity contribution < 1.29 is 0 Å². The molecule has 1 saturated heterocycles. The molecular weight excluding hydrogens is 222 g/mol. The van der Waals surface area contributed by atoms with Gasteiger partial charge in [0, 0.05) is 18.8 Å². The fourth-order valence-electron chi connectivity index (χ4n) is 2.68. The van der Waals surface area contributed by atoms with E-state index in [1.165, 1.54) is 38.0 Å². The van der Waals surface area contributed by atoms with E-state index in [1.807, 2.05) is 12.1 Å². The Kier molecular flexibility index (Phi) is 4.61. The molecule has 2 N–H and O–H groups in total. The van der Waals surface area contributed by atoms with Crippen LogP contribution in [-0.2, 0) is 6.54 Å². The van der Waals surface area contributed by atoms with Gasteiger partial charge in [0.15, 0.2) is 0 Å². The predicted octanol–water partition coefficient (Wildman–Crippen LogP) is 2.04. The summed E-state index contributed by atoms with van der Waals surface area (Å²) >= 11 is 0. The van der Waals surface area contributed by atoms with Crippen LogP contribution < -0.4 is 5.73 Å². The lowest BCUT2D eigenvalue weighted by Gasteiger charge is -2.19. The van der Waals surface area contributed by atoms with Crippen LogP contribution in [0.2, 0.25) is 0 Å². The number of hydrogen-bond acceptors (Lipinski definition) is 3. The molecule has 18 heavy (non-hydrogen) atoms. The van der Waals surface area contributed by atoms with Crippen molar-refractivity contribution in [3.63, 3.8) is 0 Å². The van der Waals surface area contributed by atoms with Crippen LogP contribution in [0.3, 0.4) is 0 Å². The van der Waals surface area contributed by atoms with Crippen molar-refractivity contribution in [1.82, 2.24) is 9.80 Å². The van der Waals surface area contributed by atoms with Gasteiger partial charge in [-0.1, -0.05) is 12.1 Å². The molecule has 0 saturated carbocycles. The van der Waals surface area contributed by atoms with Crippen molar-refractivity contribution >= 4 is 5.69 Å². The van der Waals surface area contributed by atoms with Gasteiger partial charge in [-0.25, -0.2) is 0 Å². The molecule has 1 aromatic rings. The summed E-state index contributed by atoms with van der Waals surface area (Å²) in [6, 6.07) is 8.20. The molecule has 2 rings (SSSR count). The van der Waals surface area contributed by atoms with E-state index in [-0.39, 0.29) is 0 Å². The van der Waals surface area contributed by atoms with Gasteiger partial charge < -0.3 is 15.5 Å². The summed E-state index contributed by atoms with van der Waals surface area (Å²) in [5.41, 5.74) is 7.88. The number of nitrogens with zero attached hydrogens (tertiary/aromatic N) is 2. The van der Waals surface area contributed by atoms with Gasteiger partial charge in [-0.3, -0.25) is 0 Å². The Bertz CT molecular complexity index is 361. The molecule has 0 radical (unpaired) electrons. The highest BCUT2D eigenvalue weighted by Gasteiger charge is 2.19. The van der Waals surface area contributed by atoms with Crippen LogP contribution in [0.4, 0.5) is 5.69 Å². The number of rotatable bonds is 5. The van der Waals surface area contributed by atoms with Gasteiger partial charge in [0.1, 0.15) is 0 Å². The second kappa shape index (κ2) is 6.21. The van der Waals surface area contributed by atoms with E-state index in [2.05, 4.69) is 36.0 Å². The molecule has 0 aromatic heterocycles. The largest absolute Gasteiger partial charge is 0.399 e. The SMILES string of the molecule is CN(CCC1CCN(C)C1)Cc1ccc(N)cc1. The maximum atomic E-state index is 5.69. The van der Waals surface area contributed by atoms with Crippen molar-refractivity contribution in [2.45, 2.75) is 19.4 Å². The summed E-state index contributed by atoms with van der Waals surface area (Å²) in [5.74, 6) is 0.892. The molecule has 0 amide bonds. The Hall–Kier alpha value is -1.06. The Labute approximate surface area is 111 Å². The second-order valence-corrected chi connectivity index (χ2v) is 5.68. The summed E-state index contributed by atoms with van der Waals surface area (Å²) in [5, 5.41) is 0. The fourth-order valence-corrected chi connectivity index (χ4v) is 2.68. The minimum atomic E-state index is 0.843. The van der Waals surface area contributed by atoms with Crippen LogP contribution in [0, 0.1) is 5.92 Å². The molecule has 3 nitrogen and oxygen atoms in total. The van der Waals surface area contributed by atoms with Crippen LogP contribution in [-0.4, -0.2) is 43.5 Å². The average Bonchev–Trinajstić information content (AvgIpc) is 2.76. The smallest absolute Gasteiger partial charge is 0.0314 e. The summed E-state index contributed by atoms with van der Waals surface area (Å²) in [4.78, 5) is 4.84. The van der Waals surface area contributed by atoms with Crippen LogP contribution in [0.5, 0.6) is 0 Å². The first kappa shape index (κ1) is 13.4. The molecule has 1 unspecified atom stereocenters. The van der Waals surface area contributed by atoms with Gasteiger partial charge in [-0.05, 0) is 63.6 Å². The zero-order valence-corrected chi connectivity index (χ0v) is 11.6. The fraction of sp³-hybridized carbons (Fsp3) is 0.600. The Balaban J connectivity index is 1.71. The van der Waals surface area contributed by atoms with Crippen LogP contribution in [0.25, 0.3) is 0 Å². The zero-order chi connectivity index (χ0) is 13.0. The second-order valence-electron chi connectivity index (χ2n) is 5.68. The first-order valence-electron chi connectivity index (χ1n) is 6.85. The molecule has 0 aliphatic carbocycles. The number of anilines is 1. The van der Waals surface area contributed by atoms with Gasteiger partial charge in [0.25, 0.3) is 0 Å². The molecule has 1 aliphatic rings. The van der Waals surface area contributed by atoms with Gasteiger partial charge in [-0.15, -0.1) is 0 Å². The lowest BCUT2D eigenvalue weighted by atomic mass is 10.0. The minimum absolute atomic E-state index is 0.843. The van der Waals surface area contributed by atoms with Crippen molar-refractivity contribution in [1.29, 1.82) is 0 Å². The van der Waals surface area contributed by atoms with E-state index in [0.29, 0.717) is 0 Å². The first-order valence-corrected chi connectivity index (χ1v) is 6.85. The third-order valence-electron chi connectivity index (χ3n) is 3.84. The molecule has 1 aliphatic heterocycles. The van der Waals surface area contributed by atoms with E-state index in [4.69, 9.17) is 5.73 Å². The maximum Gasteiger partial charge on any atom is 0.0314 e. The lowest BCUT2D eigenvalue weighted by Crippen LogP contribution is -2.22. The van der Waals surface area contributed by atoms with Crippen molar-refractivity contribution in [3.8, 4) is 0 Å². The van der Waals surface area contributed by atoms with Crippen LogP contribution in [0.1, 0.15) is 18.4 Å². The van der Waals surface area contributed by atoms with E-state index < -0.39 is 0 Å². The molecule has 0 spiro atoms. The van der Waals surface area contributed by atoms with Crippen molar-refractivity contribution in [3.05, 3.63) is 29.8 Å².